The summed E-state index contributed by atoms with van der Waals surface area (Å²) in [5.74, 6) is -0.759. The van der Waals surface area contributed by atoms with Crippen LogP contribution in [0, 0.1) is 12.7 Å². The summed E-state index contributed by atoms with van der Waals surface area (Å²) >= 11 is 0. The van der Waals surface area contributed by atoms with Gasteiger partial charge in [-0.15, -0.1) is 0 Å². The van der Waals surface area contributed by atoms with Crippen LogP contribution >= 0.6 is 0 Å². The maximum absolute atomic E-state index is 13.0. The van der Waals surface area contributed by atoms with Gasteiger partial charge in [-0.2, -0.15) is 0 Å². The van der Waals surface area contributed by atoms with Crippen LogP contribution in [0.4, 0.5) is 4.39 Å². The first-order valence-electron chi connectivity index (χ1n) is 8.05. The molecule has 6 heteroatoms. The van der Waals surface area contributed by atoms with Gasteiger partial charge in [0, 0.05) is 29.2 Å². The zero-order chi connectivity index (χ0) is 17.6. The number of pyridine rings is 2. The fourth-order valence-electron chi connectivity index (χ4n) is 3.11. The Morgan fingerprint density at radius 2 is 2.04 bits per heavy atom. The monoisotopic (exact) mass is 337 g/mol. The van der Waals surface area contributed by atoms with Crippen molar-refractivity contribution in [2.24, 2.45) is 0 Å². The Kier molecular flexibility index (Phi) is 3.60. The third-order valence-corrected chi connectivity index (χ3v) is 4.55. The van der Waals surface area contributed by atoms with E-state index in [2.05, 4.69) is 15.3 Å². The van der Waals surface area contributed by atoms with Crippen molar-refractivity contribution in [1.82, 2.24) is 15.3 Å². The molecule has 3 aromatic rings. The molecule has 2 unspecified atom stereocenters. The average Bonchev–Trinajstić information content (AvgIpc) is 3.37. The number of carbonyl (C=O) groups excluding carboxylic acids is 1. The molecule has 1 aliphatic carbocycles. The predicted octanol–water partition coefficient (Wildman–Crippen LogP) is 3.07. The minimum absolute atomic E-state index is 0.0199. The molecule has 0 bridgehead atoms. The maximum atomic E-state index is 13.0. The molecule has 1 aliphatic rings. The molecule has 2 aromatic heterocycles. The van der Waals surface area contributed by atoms with Gasteiger partial charge in [-0.05, 0) is 43.2 Å². The van der Waals surface area contributed by atoms with E-state index in [0.717, 1.165) is 12.0 Å². The van der Waals surface area contributed by atoms with E-state index in [9.17, 15) is 14.3 Å². The quantitative estimate of drug-likeness (QED) is 0.770. The molecule has 25 heavy (non-hydrogen) atoms. The van der Waals surface area contributed by atoms with Crippen molar-refractivity contribution >= 4 is 16.8 Å². The molecular formula is C19H16FN3O2. The minimum Gasteiger partial charge on any atom is -0.504 e. The molecule has 2 heterocycles. The van der Waals surface area contributed by atoms with E-state index in [4.69, 9.17) is 0 Å². The summed E-state index contributed by atoms with van der Waals surface area (Å²) in [6.45, 7) is 1.78. The van der Waals surface area contributed by atoms with E-state index in [-0.39, 0.29) is 29.2 Å². The lowest BCUT2D eigenvalue weighted by atomic mass is 10.1. The lowest BCUT2D eigenvalue weighted by molar-refractivity contribution is 0.0942. The molecule has 5 nitrogen and oxygen atoms in total. The van der Waals surface area contributed by atoms with E-state index in [1.807, 2.05) is 0 Å². The molecule has 1 aromatic carbocycles. The van der Waals surface area contributed by atoms with Crippen LogP contribution in [0.2, 0.25) is 0 Å². The predicted molar refractivity (Wildman–Crippen MR) is 91.0 cm³/mol. The summed E-state index contributed by atoms with van der Waals surface area (Å²) in [7, 11) is 0. The molecule has 2 N–H and O–H groups in total. The van der Waals surface area contributed by atoms with Gasteiger partial charge in [-0.1, -0.05) is 12.1 Å². The summed E-state index contributed by atoms with van der Waals surface area (Å²) < 4.78 is 13.0. The van der Waals surface area contributed by atoms with E-state index in [1.54, 1.807) is 37.4 Å². The normalized spacial score (nSPS) is 19.0. The lowest BCUT2D eigenvalue weighted by Gasteiger charge is -2.09. The first-order valence-corrected chi connectivity index (χ1v) is 8.05. The fourth-order valence-corrected chi connectivity index (χ4v) is 3.11. The van der Waals surface area contributed by atoms with Gasteiger partial charge in [0.1, 0.15) is 11.3 Å². The highest BCUT2D eigenvalue weighted by atomic mass is 19.1. The SMILES string of the molecule is Cc1nc(C(=O)NC2CC2c2ccc(F)cc2)c(O)c2ncccc12. The number of carbonyl (C=O) groups is 1. The number of benzene rings is 1. The molecule has 1 saturated carbocycles. The smallest absolute Gasteiger partial charge is 0.274 e. The Bertz CT molecular complexity index is 972. The number of aromatic hydroxyl groups is 1. The van der Waals surface area contributed by atoms with Crippen LogP contribution in [0.3, 0.4) is 0 Å². The van der Waals surface area contributed by atoms with Crippen LogP contribution < -0.4 is 5.32 Å². The zero-order valence-corrected chi connectivity index (χ0v) is 13.5. The summed E-state index contributed by atoms with van der Waals surface area (Å²) in [5.41, 5.74) is 1.97. The van der Waals surface area contributed by atoms with Crippen LogP contribution in [-0.4, -0.2) is 27.0 Å². The van der Waals surface area contributed by atoms with Crippen molar-refractivity contribution in [1.29, 1.82) is 0 Å². The number of rotatable bonds is 3. The lowest BCUT2D eigenvalue weighted by Crippen LogP contribution is -2.27. The van der Waals surface area contributed by atoms with E-state index >= 15 is 0 Å². The molecule has 2 atom stereocenters. The summed E-state index contributed by atoms with van der Waals surface area (Å²) in [4.78, 5) is 20.9. The third-order valence-electron chi connectivity index (χ3n) is 4.55. The topological polar surface area (TPSA) is 75.1 Å². The number of nitrogens with one attached hydrogen (secondary N) is 1. The molecule has 1 amide bonds. The molecule has 0 aliphatic heterocycles. The fraction of sp³-hybridized carbons (Fsp3) is 0.211. The molecule has 0 spiro atoms. The Morgan fingerprint density at radius 1 is 1.28 bits per heavy atom. The van der Waals surface area contributed by atoms with Crippen LogP contribution in [0.1, 0.15) is 34.1 Å². The molecule has 1 fully saturated rings. The van der Waals surface area contributed by atoms with Gasteiger partial charge in [0.05, 0.1) is 0 Å². The number of hydrogen-bond acceptors (Lipinski definition) is 4. The van der Waals surface area contributed by atoms with Crippen molar-refractivity contribution in [3.05, 3.63) is 65.4 Å². The standard InChI is InChI=1S/C19H16FN3O2/c1-10-13-3-2-8-21-16(13)18(24)17(22-10)19(25)23-15-9-14(15)11-4-6-12(20)7-5-11/h2-8,14-15,24H,9H2,1H3,(H,23,25). The van der Waals surface area contributed by atoms with Crippen LogP contribution in [-0.2, 0) is 0 Å². The maximum Gasteiger partial charge on any atom is 0.274 e. The highest BCUT2D eigenvalue weighted by molar-refractivity contribution is 6.01. The van der Waals surface area contributed by atoms with Gasteiger partial charge < -0.3 is 10.4 Å². The Hall–Kier alpha value is -3.02. The van der Waals surface area contributed by atoms with Crippen LogP contribution in [0.5, 0.6) is 5.75 Å². The van der Waals surface area contributed by atoms with Gasteiger partial charge >= 0.3 is 0 Å². The van der Waals surface area contributed by atoms with E-state index in [0.29, 0.717) is 16.6 Å². The number of aromatic nitrogens is 2. The number of halogens is 1. The van der Waals surface area contributed by atoms with Crippen molar-refractivity contribution < 1.29 is 14.3 Å². The minimum atomic E-state index is -0.428. The second kappa shape index (κ2) is 5.81. The van der Waals surface area contributed by atoms with Gasteiger partial charge in [-0.25, -0.2) is 9.37 Å². The molecule has 4 rings (SSSR count). The Morgan fingerprint density at radius 3 is 2.80 bits per heavy atom. The molecular weight excluding hydrogens is 321 g/mol. The van der Waals surface area contributed by atoms with Crippen LogP contribution in [0.25, 0.3) is 10.9 Å². The van der Waals surface area contributed by atoms with E-state index in [1.165, 1.54) is 12.1 Å². The Labute approximate surface area is 143 Å². The van der Waals surface area contributed by atoms with Crippen molar-refractivity contribution in [2.75, 3.05) is 0 Å². The largest absolute Gasteiger partial charge is 0.504 e. The zero-order valence-electron chi connectivity index (χ0n) is 13.5. The Balaban J connectivity index is 1.55. The highest BCUT2D eigenvalue weighted by Crippen LogP contribution is 2.41. The number of amides is 1. The number of hydrogen-bond donors (Lipinski definition) is 2. The van der Waals surface area contributed by atoms with Crippen molar-refractivity contribution in [3.63, 3.8) is 0 Å². The first-order chi connectivity index (χ1) is 12.0. The molecule has 126 valence electrons. The average molecular weight is 337 g/mol. The number of nitrogens with zero attached hydrogens (tertiary/aromatic N) is 2. The van der Waals surface area contributed by atoms with Crippen molar-refractivity contribution in [2.45, 2.75) is 25.3 Å². The van der Waals surface area contributed by atoms with Gasteiger partial charge in [0.25, 0.3) is 5.91 Å². The summed E-state index contributed by atoms with van der Waals surface area (Å²) in [6, 6.07) is 9.80. The van der Waals surface area contributed by atoms with Gasteiger partial charge in [0.2, 0.25) is 0 Å². The number of fused-ring (bicyclic) bond motifs is 1. The van der Waals surface area contributed by atoms with Crippen LogP contribution in [0.15, 0.2) is 42.6 Å². The first kappa shape index (κ1) is 15.5. The molecule has 0 radical (unpaired) electrons. The third kappa shape index (κ3) is 2.80. The number of aryl methyl sites for hydroxylation is 1. The second-order valence-corrected chi connectivity index (χ2v) is 6.27. The molecule has 0 saturated heterocycles. The second-order valence-electron chi connectivity index (χ2n) is 6.27. The summed E-state index contributed by atoms with van der Waals surface area (Å²) in [6.07, 6.45) is 2.34. The van der Waals surface area contributed by atoms with Crippen molar-refractivity contribution in [3.8, 4) is 5.75 Å². The van der Waals surface area contributed by atoms with E-state index < -0.39 is 5.91 Å². The van der Waals surface area contributed by atoms with Gasteiger partial charge in [-0.3, -0.25) is 9.78 Å². The van der Waals surface area contributed by atoms with Gasteiger partial charge in [0.15, 0.2) is 11.4 Å². The highest BCUT2D eigenvalue weighted by Gasteiger charge is 2.40. The summed E-state index contributed by atoms with van der Waals surface area (Å²) in [5, 5.41) is 14.0.